The second kappa shape index (κ2) is 8.23. The number of amides is 2. The molecular weight excluding hydrogens is 413 g/mol. The summed E-state index contributed by atoms with van der Waals surface area (Å²) in [6.07, 6.45) is 4.04. The minimum Gasteiger partial charge on any atom is -0.383 e. The maximum atomic E-state index is 14.0. The lowest BCUT2D eigenvalue weighted by molar-refractivity contribution is -0.139. The van der Waals surface area contributed by atoms with Gasteiger partial charge in [-0.2, -0.15) is 5.10 Å². The molecule has 1 aromatic carbocycles. The fourth-order valence-electron chi connectivity index (χ4n) is 3.57. The number of nitrogen functional groups attached to an aromatic ring is 1. The van der Waals surface area contributed by atoms with Gasteiger partial charge in [0, 0.05) is 18.7 Å². The number of carbonyl (C=O) groups is 2. The number of carbonyl (C=O) groups excluding carboxylic acids is 2. The van der Waals surface area contributed by atoms with Gasteiger partial charge in [-0.05, 0) is 18.9 Å². The minimum absolute atomic E-state index is 0.00434. The van der Waals surface area contributed by atoms with Crippen molar-refractivity contribution in [3.63, 3.8) is 0 Å². The van der Waals surface area contributed by atoms with Crippen LogP contribution in [0.4, 0.5) is 10.2 Å². The molecule has 2 amide bonds. The van der Waals surface area contributed by atoms with Gasteiger partial charge in [0.2, 0.25) is 11.8 Å². The maximum absolute atomic E-state index is 14.0. The molecule has 1 unspecified atom stereocenters. The predicted octanol–water partition coefficient (Wildman–Crippen LogP) is 1.51. The molecule has 4 rings (SSSR count). The van der Waals surface area contributed by atoms with Crippen molar-refractivity contribution in [2.45, 2.75) is 32.0 Å². The van der Waals surface area contributed by atoms with Crippen LogP contribution in [0.2, 0.25) is 5.02 Å². The van der Waals surface area contributed by atoms with E-state index in [1.807, 2.05) is 0 Å². The van der Waals surface area contributed by atoms with E-state index in [0.717, 1.165) is 0 Å². The number of halogens is 2. The lowest BCUT2D eigenvalue weighted by Gasteiger charge is -2.24. The zero-order valence-electron chi connectivity index (χ0n) is 15.9. The molecule has 9 nitrogen and oxygen atoms in total. The fraction of sp³-hybridized carbons (Fsp3) is 0.316. The molecule has 0 aliphatic carbocycles. The van der Waals surface area contributed by atoms with E-state index in [9.17, 15) is 14.0 Å². The van der Waals surface area contributed by atoms with Gasteiger partial charge in [0.05, 0.1) is 16.6 Å². The molecule has 2 aromatic heterocycles. The lowest BCUT2D eigenvalue weighted by Crippen LogP contribution is -2.46. The summed E-state index contributed by atoms with van der Waals surface area (Å²) in [5, 5.41) is 7.42. The molecule has 3 aromatic rings. The molecule has 156 valence electrons. The number of likely N-dealkylation sites (tertiary alicyclic amines) is 1. The first-order valence-corrected chi connectivity index (χ1v) is 9.75. The molecule has 1 aliphatic heterocycles. The van der Waals surface area contributed by atoms with Gasteiger partial charge in [0.15, 0.2) is 5.65 Å². The Balaban J connectivity index is 1.43. The second-order valence-corrected chi connectivity index (χ2v) is 7.38. The van der Waals surface area contributed by atoms with Crippen molar-refractivity contribution in [1.82, 2.24) is 30.0 Å². The Bertz CT molecular complexity index is 1120. The Hall–Kier alpha value is -3.27. The van der Waals surface area contributed by atoms with Gasteiger partial charge < -0.3 is 16.0 Å². The quantitative estimate of drug-likeness (QED) is 0.632. The van der Waals surface area contributed by atoms with E-state index in [-0.39, 0.29) is 41.3 Å². The molecule has 3 N–H and O–H groups in total. The van der Waals surface area contributed by atoms with E-state index in [4.69, 9.17) is 17.3 Å². The molecule has 1 atom stereocenters. The Morgan fingerprint density at radius 3 is 3.00 bits per heavy atom. The van der Waals surface area contributed by atoms with Crippen LogP contribution < -0.4 is 11.1 Å². The largest absolute Gasteiger partial charge is 0.383 e. The van der Waals surface area contributed by atoms with Gasteiger partial charge in [-0.1, -0.05) is 23.7 Å². The standard InChI is InChI=1S/C19H19ClFN7O2/c20-13-4-1-3-11(16(13)21)7-23-19(30)14-5-2-6-27(14)15(29)9-28-18-12(8-26-28)17(22)24-10-25-18/h1,3-4,8,10,14H,2,5-7,9H2,(H,23,30)(H2,22,24,25). The second-order valence-electron chi connectivity index (χ2n) is 6.97. The topological polar surface area (TPSA) is 119 Å². The predicted molar refractivity (Wildman–Crippen MR) is 108 cm³/mol. The number of hydrogen-bond donors (Lipinski definition) is 2. The molecule has 0 saturated carbocycles. The Labute approximate surface area is 176 Å². The first-order chi connectivity index (χ1) is 14.5. The highest BCUT2D eigenvalue weighted by Crippen LogP contribution is 2.21. The van der Waals surface area contributed by atoms with E-state index in [2.05, 4.69) is 20.4 Å². The van der Waals surface area contributed by atoms with Crippen molar-refractivity contribution >= 4 is 40.3 Å². The van der Waals surface area contributed by atoms with Crippen LogP contribution in [-0.4, -0.2) is 49.0 Å². The van der Waals surface area contributed by atoms with Crippen molar-refractivity contribution in [3.8, 4) is 0 Å². The third-order valence-electron chi connectivity index (χ3n) is 5.11. The Morgan fingerprint density at radius 1 is 1.33 bits per heavy atom. The summed E-state index contributed by atoms with van der Waals surface area (Å²) in [5.41, 5.74) is 6.53. The van der Waals surface area contributed by atoms with Gasteiger partial charge in [0.25, 0.3) is 0 Å². The number of hydrogen-bond acceptors (Lipinski definition) is 6. The van der Waals surface area contributed by atoms with Crippen LogP contribution >= 0.6 is 11.6 Å². The van der Waals surface area contributed by atoms with Crippen LogP contribution in [0.15, 0.2) is 30.7 Å². The van der Waals surface area contributed by atoms with E-state index >= 15 is 0 Å². The van der Waals surface area contributed by atoms with E-state index in [0.29, 0.717) is 30.4 Å². The summed E-state index contributed by atoms with van der Waals surface area (Å²) in [4.78, 5) is 35.1. The third-order valence-corrected chi connectivity index (χ3v) is 5.40. The van der Waals surface area contributed by atoms with Crippen LogP contribution in [-0.2, 0) is 22.7 Å². The van der Waals surface area contributed by atoms with Crippen molar-refractivity contribution in [1.29, 1.82) is 0 Å². The van der Waals surface area contributed by atoms with Crippen molar-refractivity contribution < 1.29 is 14.0 Å². The zero-order valence-corrected chi connectivity index (χ0v) is 16.6. The minimum atomic E-state index is -0.624. The SMILES string of the molecule is Nc1ncnc2c1cnn2CC(=O)N1CCCC1C(=O)NCc1cccc(Cl)c1F. The first kappa shape index (κ1) is 20.0. The number of nitrogens with one attached hydrogen (secondary N) is 1. The van der Waals surface area contributed by atoms with Crippen LogP contribution in [0.3, 0.4) is 0 Å². The summed E-state index contributed by atoms with van der Waals surface area (Å²) in [6.45, 7) is 0.370. The maximum Gasteiger partial charge on any atom is 0.245 e. The Morgan fingerprint density at radius 2 is 2.17 bits per heavy atom. The summed E-state index contributed by atoms with van der Waals surface area (Å²) < 4.78 is 15.5. The number of anilines is 1. The lowest BCUT2D eigenvalue weighted by atomic mass is 10.1. The molecule has 1 aliphatic rings. The van der Waals surface area contributed by atoms with Gasteiger partial charge >= 0.3 is 0 Å². The number of rotatable bonds is 5. The Kier molecular flexibility index (Phi) is 5.49. The van der Waals surface area contributed by atoms with E-state index in [1.54, 1.807) is 12.1 Å². The molecule has 0 radical (unpaired) electrons. The number of nitrogens with two attached hydrogens (primary N) is 1. The highest BCUT2D eigenvalue weighted by atomic mass is 35.5. The molecule has 11 heteroatoms. The van der Waals surface area contributed by atoms with Gasteiger partial charge in [-0.15, -0.1) is 0 Å². The van der Waals surface area contributed by atoms with Gasteiger partial charge in [-0.3, -0.25) is 9.59 Å². The summed E-state index contributed by atoms with van der Waals surface area (Å²) in [6, 6.07) is 3.98. The van der Waals surface area contributed by atoms with Crippen molar-refractivity contribution in [2.24, 2.45) is 0 Å². The molecular formula is C19H19ClFN7O2. The normalized spacial score (nSPS) is 16.2. The highest BCUT2D eigenvalue weighted by Gasteiger charge is 2.34. The van der Waals surface area contributed by atoms with Crippen LogP contribution in [0.25, 0.3) is 11.0 Å². The number of aromatic nitrogens is 4. The summed E-state index contributed by atoms with van der Waals surface area (Å²) >= 11 is 5.77. The van der Waals surface area contributed by atoms with Crippen LogP contribution in [0.1, 0.15) is 18.4 Å². The fourth-order valence-corrected chi connectivity index (χ4v) is 3.76. The third kappa shape index (κ3) is 3.78. The summed E-state index contributed by atoms with van der Waals surface area (Å²) in [5.74, 6) is -0.878. The van der Waals surface area contributed by atoms with Crippen molar-refractivity contribution in [2.75, 3.05) is 12.3 Å². The van der Waals surface area contributed by atoms with Crippen molar-refractivity contribution in [3.05, 3.63) is 47.1 Å². The smallest absolute Gasteiger partial charge is 0.245 e. The molecule has 0 bridgehead atoms. The summed E-state index contributed by atoms with van der Waals surface area (Å²) in [7, 11) is 0. The molecule has 1 fully saturated rings. The van der Waals surface area contributed by atoms with Crippen LogP contribution in [0.5, 0.6) is 0 Å². The highest BCUT2D eigenvalue weighted by molar-refractivity contribution is 6.30. The molecule has 0 spiro atoms. The average Bonchev–Trinajstić information content (AvgIpc) is 3.37. The van der Waals surface area contributed by atoms with Crippen LogP contribution in [0, 0.1) is 5.82 Å². The number of benzene rings is 1. The molecule has 3 heterocycles. The zero-order chi connectivity index (χ0) is 21.3. The number of fused-ring (bicyclic) bond motifs is 1. The first-order valence-electron chi connectivity index (χ1n) is 9.37. The van der Waals surface area contributed by atoms with Gasteiger partial charge in [0.1, 0.15) is 30.5 Å². The average molecular weight is 432 g/mol. The van der Waals surface area contributed by atoms with E-state index in [1.165, 1.54) is 28.2 Å². The van der Waals surface area contributed by atoms with Gasteiger partial charge in [-0.25, -0.2) is 19.0 Å². The molecule has 1 saturated heterocycles. The number of nitrogens with zero attached hydrogens (tertiary/aromatic N) is 5. The monoisotopic (exact) mass is 431 g/mol. The molecule has 30 heavy (non-hydrogen) atoms. The van der Waals surface area contributed by atoms with E-state index < -0.39 is 11.9 Å².